The SMILES string of the molecule is CC(C)(O)[C@@H](O)CC[C@@H](CO)[C@H]1CC[C@]2(C)C3=C(C[C@H](O)[C@@]12C)[C@]1(C)C[C@H](O)[C@H](OC(=O)C[C@](C)(O)CC(=O)NCC(=O)O)C(C)(C)[C@@H]1CC3. The maximum atomic E-state index is 13.2. The number of carboxylic acid groups (broad SMARTS) is 1. The molecular weight excluding hydrogens is 646 g/mol. The number of esters is 1. The van der Waals surface area contributed by atoms with E-state index in [0.29, 0.717) is 25.7 Å². The molecule has 0 bridgehead atoms. The number of rotatable bonds is 13. The van der Waals surface area contributed by atoms with E-state index in [4.69, 9.17) is 9.84 Å². The van der Waals surface area contributed by atoms with Crippen molar-refractivity contribution in [3.63, 3.8) is 0 Å². The van der Waals surface area contributed by atoms with Crippen LogP contribution in [0.2, 0.25) is 0 Å². The van der Waals surface area contributed by atoms with Gasteiger partial charge in [-0.15, -0.1) is 0 Å². The van der Waals surface area contributed by atoms with E-state index < -0.39 is 89.1 Å². The molecule has 0 saturated heterocycles. The smallest absolute Gasteiger partial charge is 0.322 e. The van der Waals surface area contributed by atoms with Crippen molar-refractivity contribution in [2.75, 3.05) is 13.2 Å². The predicted octanol–water partition coefficient (Wildman–Crippen LogP) is 2.84. The molecule has 1 amide bonds. The normalized spacial score (nSPS) is 37.4. The Morgan fingerprint density at radius 2 is 1.62 bits per heavy atom. The second-order valence-electron chi connectivity index (χ2n) is 18.2. The molecule has 0 aromatic carbocycles. The van der Waals surface area contributed by atoms with Gasteiger partial charge in [0.2, 0.25) is 5.91 Å². The number of nitrogens with one attached hydrogen (secondary N) is 1. The molecule has 2 fully saturated rings. The van der Waals surface area contributed by atoms with Gasteiger partial charge in [0.25, 0.3) is 0 Å². The molecule has 0 aromatic rings. The van der Waals surface area contributed by atoms with Crippen molar-refractivity contribution >= 4 is 17.8 Å². The Morgan fingerprint density at radius 3 is 2.20 bits per heavy atom. The molecule has 0 aromatic heterocycles. The lowest BCUT2D eigenvalue weighted by molar-refractivity contribution is -0.198. The molecule has 0 unspecified atom stereocenters. The zero-order valence-electron chi connectivity index (χ0n) is 31.3. The fourth-order valence-corrected chi connectivity index (χ4v) is 11.1. The summed E-state index contributed by atoms with van der Waals surface area (Å²) in [6, 6.07) is 0. The topological polar surface area (TPSA) is 214 Å². The van der Waals surface area contributed by atoms with E-state index >= 15 is 0 Å². The van der Waals surface area contributed by atoms with E-state index in [1.807, 2.05) is 13.8 Å². The van der Waals surface area contributed by atoms with Crippen molar-refractivity contribution < 1.29 is 54.9 Å². The Hall–Kier alpha value is -2.09. The molecule has 0 aliphatic heterocycles. The number of allylic oxidation sites excluding steroid dienone is 1. The van der Waals surface area contributed by atoms with Crippen LogP contribution in [0.4, 0.5) is 0 Å². The van der Waals surface area contributed by atoms with Crippen LogP contribution in [0.5, 0.6) is 0 Å². The Morgan fingerprint density at radius 1 is 0.980 bits per heavy atom. The number of hydrogen-bond acceptors (Lipinski definition) is 10. The van der Waals surface area contributed by atoms with Crippen LogP contribution in [-0.2, 0) is 19.1 Å². The molecule has 4 rings (SSSR count). The summed E-state index contributed by atoms with van der Waals surface area (Å²) < 4.78 is 5.91. The average Bonchev–Trinajstić information content (AvgIpc) is 3.26. The van der Waals surface area contributed by atoms with Gasteiger partial charge in [0.15, 0.2) is 0 Å². The standard InChI is InChI=1S/C38H63NO11/c1-33(2)26-11-10-23-24(15-28(43)38(8)22(13-14-37(23,38)7)21(20-40)9-12-27(42)34(3,4)48)36(26,6)16-25(41)32(33)50-31(47)18-35(5,49)17-29(44)39-19-30(45)46/h21-22,25-28,32,40-43,48-49H,9-20H2,1-8H3,(H,39,44)(H,45,46)/t21-,22+,25-,26-,27-,28-,32-,35+,36-,37+,38+/m0/s1. The van der Waals surface area contributed by atoms with Gasteiger partial charge in [-0.05, 0) is 101 Å². The second-order valence-corrected chi connectivity index (χ2v) is 18.2. The molecule has 12 heteroatoms. The Balaban J connectivity index is 1.55. The summed E-state index contributed by atoms with van der Waals surface area (Å²) in [5.74, 6) is -2.84. The first-order valence-corrected chi connectivity index (χ1v) is 18.4. The summed E-state index contributed by atoms with van der Waals surface area (Å²) in [7, 11) is 0. The summed E-state index contributed by atoms with van der Waals surface area (Å²) >= 11 is 0. The average molecular weight is 710 g/mol. The Kier molecular flexibility index (Phi) is 11.4. The third-order valence-corrected chi connectivity index (χ3v) is 14.0. The van der Waals surface area contributed by atoms with E-state index in [1.54, 1.807) is 13.8 Å². The number of ether oxygens (including phenoxy) is 1. The van der Waals surface area contributed by atoms with Crippen molar-refractivity contribution in [2.24, 2.45) is 39.4 Å². The van der Waals surface area contributed by atoms with Crippen molar-refractivity contribution in [3.05, 3.63) is 11.1 Å². The molecular formula is C38H63NO11. The highest BCUT2D eigenvalue weighted by atomic mass is 16.6. The highest BCUT2D eigenvalue weighted by Gasteiger charge is 2.67. The number of amides is 1. The lowest BCUT2D eigenvalue weighted by atomic mass is 9.42. The Bertz CT molecular complexity index is 1340. The number of carbonyl (C=O) groups excluding carboxylic acids is 2. The molecule has 11 atom stereocenters. The van der Waals surface area contributed by atoms with Crippen molar-refractivity contribution in [2.45, 2.75) is 155 Å². The number of aliphatic hydroxyl groups excluding tert-OH is 4. The van der Waals surface area contributed by atoms with Gasteiger partial charge in [-0.1, -0.05) is 45.8 Å². The summed E-state index contributed by atoms with van der Waals surface area (Å²) in [6.45, 7) is 14.3. The number of fused-ring (bicyclic) bond motifs is 4. The molecule has 8 N–H and O–H groups in total. The summed E-state index contributed by atoms with van der Waals surface area (Å²) in [6.07, 6.45) is 0.358. The van der Waals surface area contributed by atoms with E-state index in [2.05, 4.69) is 26.1 Å². The quantitative estimate of drug-likeness (QED) is 0.103. The number of aliphatic carboxylic acids is 1. The van der Waals surface area contributed by atoms with Crippen molar-refractivity contribution in [1.82, 2.24) is 5.32 Å². The largest absolute Gasteiger partial charge is 0.480 e. The third-order valence-electron chi connectivity index (χ3n) is 14.0. The highest BCUT2D eigenvalue weighted by molar-refractivity contribution is 5.82. The van der Waals surface area contributed by atoms with Gasteiger partial charge in [-0.25, -0.2) is 0 Å². The second kappa shape index (κ2) is 14.0. The minimum absolute atomic E-state index is 0.00290. The predicted molar refractivity (Wildman–Crippen MR) is 184 cm³/mol. The van der Waals surface area contributed by atoms with Crippen LogP contribution in [0, 0.1) is 39.4 Å². The fourth-order valence-electron chi connectivity index (χ4n) is 11.1. The van der Waals surface area contributed by atoms with E-state index in [1.165, 1.54) is 18.1 Å². The number of hydrogen-bond donors (Lipinski definition) is 8. The fraction of sp³-hybridized carbons (Fsp3) is 0.868. The monoisotopic (exact) mass is 709 g/mol. The van der Waals surface area contributed by atoms with E-state index in [-0.39, 0.29) is 29.8 Å². The van der Waals surface area contributed by atoms with E-state index in [9.17, 15) is 45.0 Å². The molecule has 12 nitrogen and oxygen atoms in total. The van der Waals surface area contributed by atoms with Crippen molar-refractivity contribution in [1.29, 1.82) is 0 Å². The minimum atomic E-state index is -1.79. The molecule has 4 aliphatic rings. The maximum absolute atomic E-state index is 13.2. The molecule has 286 valence electrons. The van der Waals surface area contributed by atoms with E-state index in [0.717, 1.165) is 25.7 Å². The van der Waals surface area contributed by atoms with Gasteiger partial charge in [0.05, 0.1) is 42.4 Å². The molecule has 2 saturated carbocycles. The minimum Gasteiger partial charge on any atom is -0.480 e. The van der Waals surface area contributed by atoms with Crippen LogP contribution in [0.3, 0.4) is 0 Å². The lowest BCUT2D eigenvalue weighted by Gasteiger charge is -2.64. The van der Waals surface area contributed by atoms with Crippen LogP contribution in [-0.4, -0.2) is 102 Å². The molecule has 0 spiro atoms. The van der Waals surface area contributed by atoms with Crippen LogP contribution in [0.1, 0.15) is 120 Å². The van der Waals surface area contributed by atoms with Crippen LogP contribution in [0.25, 0.3) is 0 Å². The zero-order valence-corrected chi connectivity index (χ0v) is 31.3. The van der Waals surface area contributed by atoms with Gasteiger partial charge in [-0.2, -0.15) is 0 Å². The molecule has 4 aliphatic carbocycles. The first-order chi connectivity index (χ1) is 22.8. The maximum Gasteiger partial charge on any atom is 0.322 e. The third kappa shape index (κ3) is 7.26. The number of carboxylic acids is 1. The first-order valence-electron chi connectivity index (χ1n) is 18.4. The van der Waals surface area contributed by atoms with Crippen molar-refractivity contribution in [3.8, 4) is 0 Å². The van der Waals surface area contributed by atoms with Gasteiger partial charge in [0, 0.05) is 17.4 Å². The zero-order chi connectivity index (χ0) is 37.8. The number of carbonyl (C=O) groups is 3. The van der Waals surface area contributed by atoms with Gasteiger partial charge in [-0.3, -0.25) is 14.4 Å². The highest BCUT2D eigenvalue weighted by Crippen LogP contribution is 2.72. The Labute approximate surface area is 296 Å². The summed E-state index contributed by atoms with van der Waals surface area (Å²) in [4.78, 5) is 36.0. The molecule has 0 radical (unpaired) electrons. The molecule has 0 heterocycles. The number of aliphatic hydroxyl groups is 6. The van der Waals surface area contributed by atoms with Gasteiger partial charge < -0.3 is 45.8 Å². The molecule has 50 heavy (non-hydrogen) atoms. The van der Waals surface area contributed by atoms with Gasteiger partial charge >= 0.3 is 11.9 Å². The van der Waals surface area contributed by atoms with Gasteiger partial charge in [0.1, 0.15) is 12.6 Å². The van der Waals surface area contributed by atoms with Crippen LogP contribution in [0.15, 0.2) is 11.1 Å². The summed E-state index contributed by atoms with van der Waals surface area (Å²) in [5.41, 5.74) is -2.56. The summed E-state index contributed by atoms with van der Waals surface area (Å²) in [5, 5.41) is 76.9. The first kappa shape index (κ1) is 40.7. The lowest BCUT2D eigenvalue weighted by Crippen LogP contribution is -2.62. The van der Waals surface area contributed by atoms with Crippen LogP contribution >= 0.6 is 0 Å². The van der Waals surface area contributed by atoms with Crippen LogP contribution < -0.4 is 5.32 Å².